The van der Waals surface area contributed by atoms with E-state index in [4.69, 9.17) is 9.47 Å². The normalized spacial score (nSPS) is 11.0. The minimum atomic E-state index is -0.192. The summed E-state index contributed by atoms with van der Waals surface area (Å²) in [4.78, 5) is 13.0. The van der Waals surface area contributed by atoms with Gasteiger partial charge < -0.3 is 19.1 Å². The predicted octanol–water partition coefficient (Wildman–Crippen LogP) is 4.47. The second kappa shape index (κ2) is 9.35. The molecule has 25 heavy (non-hydrogen) atoms. The smallest absolute Gasteiger partial charge is 0.297 e. The number of ether oxygens (including phenoxy) is 2. The Morgan fingerprint density at radius 2 is 1.80 bits per heavy atom. The van der Waals surface area contributed by atoms with Crippen LogP contribution in [0.3, 0.4) is 0 Å². The van der Waals surface area contributed by atoms with Crippen LogP contribution >= 0.6 is 0 Å². The highest BCUT2D eigenvalue weighted by atomic mass is 16.5. The van der Waals surface area contributed by atoms with Crippen molar-refractivity contribution < 1.29 is 14.6 Å². The van der Waals surface area contributed by atoms with Gasteiger partial charge in [0.2, 0.25) is 5.75 Å². The highest BCUT2D eigenvalue weighted by Crippen LogP contribution is 2.34. The van der Waals surface area contributed by atoms with Crippen LogP contribution < -0.4 is 15.0 Å². The molecule has 0 spiro atoms. The number of fused-ring (bicyclic) bond motifs is 1. The summed E-state index contributed by atoms with van der Waals surface area (Å²) in [6.07, 6.45) is 6.15. The summed E-state index contributed by atoms with van der Waals surface area (Å²) in [7, 11) is 1.54. The third kappa shape index (κ3) is 4.47. The van der Waals surface area contributed by atoms with Crippen molar-refractivity contribution in [1.82, 2.24) is 4.57 Å². The van der Waals surface area contributed by atoms with Crippen molar-refractivity contribution in [2.75, 3.05) is 13.7 Å². The van der Waals surface area contributed by atoms with Crippen LogP contribution in [0.25, 0.3) is 10.9 Å². The van der Waals surface area contributed by atoms with Gasteiger partial charge in [-0.15, -0.1) is 0 Å². The van der Waals surface area contributed by atoms with Crippen LogP contribution in [0.1, 0.15) is 52.4 Å². The molecule has 1 N–H and O–H groups in total. The molecule has 0 aliphatic heterocycles. The average molecular weight is 347 g/mol. The number of methoxy groups -OCH3 is 1. The summed E-state index contributed by atoms with van der Waals surface area (Å²) in [5, 5.41) is 10.7. The number of aromatic nitrogens is 1. The maximum Gasteiger partial charge on any atom is 0.297 e. The number of phenols is 1. The molecule has 0 unspecified atom stereocenters. The summed E-state index contributed by atoms with van der Waals surface area (Å²) >= 11 is 0. The molecule has 1 aromatic heterocycles. The molecule has 2 aromatic rings. The Kier molecular flexibility index (Phi) is 7.16. The number of hydrogen-bond donors (Lipinski definition) is 1. The molecule has 0 radical (unpaired) electrons. The molecular formula is C20H29NO4. The Bertz CT molecular complexity index is 751. The molecule has 0 saturated heterocycles. The van der Waals surface area contributed by atoms with Gasteiger partial charge in [-0.05, 0) is 25.0 Å². The Balaban J connectivity index is 2.52. The highest BCUT2D eigenvalue weighted by molar-refractivity contribution is 5.89. The number of rotatable bonds is 10. The van der Waals surface area contributed by atoms with E-state index in [1.54, 1.807) is 29.9 Å². The van der Waals surface area contributed by atoms with Gasteiger partial charge in [0.15, 0.2) is 5.75 Å². The predicted molar refractivity (Wildman–Crippen MR) is 101 cm³/mol. The number of pyridine rings is 1. The molecule has 2 rings (SSSR count). The fraction of sp³-hybridized carbons (Fsp3) is 0.550. The fourth-order valence-electron chi connectivity index (χ4n) is 2.95. The van der Waals surface area contributed by atoms with Gasteiger partial charge in [-0.2, -0.15) is 0 Å². The SMILES string of the molecule is CCCCCCn1c(=O)c(OCCCC)c(OC)c2ccc(O)cc21. The lowest BCUT2D eigenvalue weighted by Gasteiger charge is -2.17. The third-order valence-electron chi connectivity index (χ3n) is 4.35. The molecular weight excluding hydrogens is 318 g/mol. The van der Waals surface area contributed by atoms with Gasteiger partial charge in [0.05, 0.1) is 19.2 Å². The van der Waals surface area contributed by atoms with Crippen molar-refractivity contribution in [1.29, 1.82) is 0 Å². The zero-order chi connectivity index (χ0) is 18.2. The Hall–Kier alpha value is -2.17. The van der Waals surface area contributed by atoms with Crippen LogP contribution in [0.5, 0.6) is 17.2 Å². The zero-order valence-electron chi connectivity index (χ0n) is 15.5. The summed E-state index contributed by atoms with van der Waals surface area (Å²) in [5.41, 5.74) is 0.490. The lowest BCUT2D eigenvalue weighted by molar-refractivity contribution is 0.283. The van der Waals surface area contributed by atoms with Crippen LogP contribution in [0, 0.1) is 0 Å². The quantitative estimate of drug-likeness (QED) is 0.644. The van der Waals surface area contributed by atoms with E-state index in [0.717, 1.165) is 43.9 Å². The molecule has 0 saturated carbocycles. The number of unbranched alkanes of at least 4 members (excludes halogenated alkanes) is 4. The molecule has 0 aliphatic carbocycles. The van der Waals surface area contributed by atoms with Crippen molar-refractivity contribution in [3.63, 3.8) is 0 Å². The minimum Gasteiger partial charge on any atom is -0.508 e. The minimum absolute atomic E-state index is 0.135. The largest absolute Gasteiger partial charge is 0.508 e. The summed E-state index contributed by atoms with van der Waals surface area (Å²) in [6.45, 7) is 5.33. The lowest BCUT2D eigenvalue weighted by Crippen LogP contribution is -2.24. The summed E-state index contributed by atoms with van der Waals surface area (Å²) in [5.74, 6) is 0.849. The summed E-state index contributed by atoms with van der Waals surface area (Å²) in [6, 6.07) is 5.00. The van der Waals surface area contributed by atoms with Crippen molar-refractivity contribution in [3.8, 4) is 17.2 Å². The van der Waals surface area contributed by atoms with Crippen molar-refractivity contribution in [2.45, 2.75) is 58.9 Å². The fourth-order valence-corrected chi connectivity index (χ4v) is 2.95. The number of aromatic hydroxyl groups is 1. The van der Waals surface area contributed by atoms with Gasteiger partial charge in [0, 0.05) is 18.0 Å². The van der Waals surface area contributed by atoms with Crippen LogP contribution in [0.4, 0.5) is 0 Å². The van der Waals surface area contributed by atoms with E-state index >= 15 is 0 Å². The van der Waals surface area contributed by atoms with Gasteiger partial charge in [-0.25, -0.2) is 0 Å². The van der Waals surface area contributed by atoms with E-state index in [0.29, 0.717) is 24.4 Å². The van der Waals surface area contributed by atoms with Crippen LogP contribution in [-0.2, 0) is 6.54 Å². The Labute approximate surface area is 149 Å². The van der Waals surface area contributed by atoms with Gasteiger partial charge in [0.25, 0.3) is 5.56 Å². The third-order valence-corrected chi connectivity index (χ3v) is 4.35. The number of hydrogen-bond acceptors (Lipinski definition) is 4. The molecule has 0 aliphatic rings. The van der Waals surface area contributed by atoms with Crippen LogP contribution in [-0.4, -0.2) is 23.4 Å². The molecule has 5 heteroatoms. The van der Waals surface area contributed by atoms with Crippen molar-refractivity contribution in [2.24, 2.45) is 0 Å². The molecule has 1 heterocycles. The van der Waals surface area contributed by atoms with E-state index in [2.05, 4.69) is 13.8 Å². The van der Waals surface area contributed by atoms with E-state index < -0.39 is 0 Å². The van der Waals surface area contributed by atoms with Crippen LogP contribution in [0.15, 0.2) is 23.0 Å². The van der Waals surface area contributed by atoms with Crippen molar-refractivity contribution >= 4 is 10.9 Å². The maximum absolute atomic E-state index is 13.0. The Morgan fingerprint density at radius 3 is 2.48 bits per heavy atom. The molecule has 1 aromatic carbocycles. The second-order valence-electron chi connectivity index (χ2n) is 6.28. The number of aryl methyl sites for hydroxylation is 1. The number of nitrogens with zero attached hydrogens (tertiary/aromatic N) is 1. The maximum atomic E-state index is 13.0. The van der Waals surface area contributed by atoms with Crippen molar-refractivity contribution in [3.05, 3.63) is 28.6 Å². The van der Waals surface area contributed by atoms with Gasteiger partial charge in [-0.1, -0.05) is 39.5 Å². The highest BCUT2D eigenvalue weighted by Gasteiger charge is 2.19. The average Bonchev–Trinajstić information content (AvgIpc) is 2.61. The van der Waals surface area contributed by atoms with Crippen LogP contribution in [0.2, 0.25) is 0 Å². The van der Waals surface area contributed by atoms with Gasteiger partial charge >= 0.3 is 0 Å². The Morgan fingerprint density at radius 1 is 1.04 bits per heavy atom. The lowest BCUT2D eigenvalue weighted by atomic mass is 10.1. The molecule has 0 fully saturated rings. The van der Waals surface area contributed by atoms with E-state index in [-0.39, 0.29) is 17.1 Å². The standard InChI is InChI=1S/C20H29NO4/c1-4-6-8-9-12-21-17-14-15(22)10-11-16(17)18(24-3)19(20(21)23)25-13-7-5-2/h10-11,14,22H,4-9,12-13H2,1-3H3. The molecule has 0 amide bonds. The molecule has 0 bridgehead atoms. The zero-order valence-corrected chi connectivity index (χ0v) is 15.5. The first-order valence-electron chi connectivity index (χ1n) is 9.20. The first-order chi connectivity index (χ1) is 12.1. The first-order valence-corrected chi connectivity index (χ1v) is 9.20. The van der Waals surface area contributed by atoms with E-state index in [1.807, 2.05) is 0 Å². The van der Waals surface area contributed by atoms with Gasteiger partial charge in [-0.3, -0.25) is 4.79 Å². The first kappa shape index (κ1) is 19.2. The number of phenolic OH excluding ortho intramolecular Hbond substituents is 1. The molecule has 5 nitrogen and oxygen atoms in total. The topological polar surface area (TPSA) is 60.7 Å². The molecule has 138 valence electrons. The van der Waals surface area contributed by atoms with E-state index in [1.165, 1.54) is 0 Å². The van der Waals surface area contributed by atoms with E-state index in [9.17, 15) is 9.90 Å². The summed E-state index contributed by atoms with van der Waals surface area (Å²) < 4.78 is 13.0. The second-order valence-corrected chi connectivity index (χ2v) is 6.28. The monoisotopic (exact) mass is 347 g/mol. The number of benzene rings is 1. The van der Waals surface area contributed by atoms with Gasteiger partial charge in [0.1, 0.15) is 5.75 Å². The molecule has 0 atom stereocenters.